The minimum Gasteiger partial charge on any atom is -0.368 e. The topological polar surface area (TPSA) is 125 Å². The molecule has 20 heavy (non-hydrogen) atoms. The quantitative estimate of drug-likeness (QED) is 0.629. The number of nitro groups is 1. The smallest absolute Gasteiger partial charge is 0.329 e. The molecule has 0 bridgehead atoms. The third-order valence-corrected chi connectivity index (χ3v) is 3.08. The number of hydrogen-bond donors (Lipinski definition) is 2. The lowest BCUT2D eigenvalue weighted by Gasteiger charge is -2.07. The van der Waals surface area contributed by atoms with Gasteiger partial charge in [-0.05, 0) is 13.8 Å². The van der Waals surface area contributed by atoms with Crippen molar-refractivity contribution in [3.8, 4) is 0 Å². The fraction of sp³-hybridized carbons (Fsp3) is 0.364. The molecular weight excluding hydrogens is 262 g/mol. The minimum absolute atomic E-state index is 0.0160. The van der Waals surface area contributed by atoms with Crippen molar-refractivity contribution in [3.63, 3.8) is 0 Å². The van der Waals surface area contributed by atoms with Gasteiger partial charge in [-0.1, -0.05) is 0 Å². The monoisotopic (exact) mass is 277 g/mol. The maximum atomic E-state index is 10.9. The lowest BCUT2D eigenvalue weighted by molar-refractivity contribution is -0.384. The van der Waals surface area contributed by atoms with Crippen LogP contribution < -0.4 is 11.1 Å². The van der Waals surface area contributed by atoms with Crippen molar-refractivity contribution in [3.05, 3.63) is 33.3 Å². The van der Waals surface area contributed by atoms with E-state index in [1.165, 1.54) is 0 Å². The van der Waals surface area contributed by atoms with Crippen molar-refractivity contribution in [2.45, 2.75) is 20.4 Å². The number of nitrogen functional groups attached to an aromatic ring is 1. The Bertz CT molecular complexity index is 665. The number of anilines is 2. The van der Waals surface area contributed by atoms with Crippen molar-refractivity contribution in [2.24, 2.45) is 7.05 Å². The molecule has 0 spiro atoms. The van der Waals surface area contributed by atoms with E-state index in [9.17, 15) is 10.1 Å². The molecule has 9 nitrogen and oxygen atoms in total. The summed E-state index contributed by atoms with van der Waals surface area (Å²) < 4.78 is 1.76. The van der Waals surface area contributed by atoms with Gasteiger partial charge in [-0.15, -0.1) is 0 Å². The molecule has 106 valence electrons. The zero-order valence-electron chi connectivity index (χ0n) is 11.4. The van der Waals surface area contributed by atoms with Gasteiger partial charge in [0.1, 0.15) is 6.20 Å². The molecule has 0 saturated heterocycles. The number of aromatic nitrogens is 4. The van der Waals surface area contributed by atoms with Gasteiger partial charge in [-0.3, -0.25) is 14.8 Å². The van der Waals surface area contributed by atoms with Crippen LogP contribution in [0.25, 0.3) is 0 Å². The van der Waals surface area contributed by atoms with Gasteiger partial charge in [-0.2, -0.15) is 10.1 Å². The van der Waals surface area contributed by atoms with Crippen molar-refractivity contribution >= 4 is 17.5 Å². The average molecular weight is 277 g/mol. The highest BCUT2D eigenvalue weighted by Crippen LogP contribution is 2.22. The Morgan fingerprint density at radius 3 is 2.75 bits per heavy atom. The molecule has 0 fully saturated rings. The summed E-state index contributed by atoms with van der Waals surface area (Å²) in [5.74, 6) is 0.0860. The van der Waals surface area contributed by atoms with Gasteiger partial charge in [0.15, 0.2) is 0 Å². The Balaban J connectivity index is 2.27. The Labute approximate surface area is 115 Å². The normalized spacial score (nSPS) is 10.6. The Morgan fingerprint density at radius 2 is 2.20 bits per heavy atom. The molecule has 0 saturated carbocycles. The van der Waals surface area contributed by atoms with Crippen LogP contribution in [0.2, 0.25) is 0 Å². The summed E-state index contributed by atoms with van der Waals surface area (Å²) in [6.45, 7) is 4.19. The SMILES string of the molecule is Cc1nn(C)c(C)c1CNc1nc(N)ncc1[N+](=O)[O-]. The number of hydrogen-bond acceptors (Lipinski definition) is 7. The van der Waals surface area contributed by atoms with Gasteiger partial charge >= 0.3 is 5.69 Å². The number of aryl methyl sites for hydroxylation is 2. The van der Waals surface area contributed by atoms with Gasteiger partial charge in [0, 0.05) is 24.8 Å². The highest BCUT2D eigenvalue weighted by molar-refractivity contribution is 5.56. The highest BCUT2D eigenvalue weighted by Gasteiger charge is 2.17. The fourth-order valence-corrected chi connectivity index (χ4v) is 1.90. The Kier molecular flexibility index (Phi) is 3.51. The Morgan fingerprint density at radius 1 is 1.50 bits per heavy atom. The number of nitrogens with one attached hydrogen (secondary N) is 1. The van der Waals surface area contributed by atoms with E-state index in [4.69, 9.17) is 5.73 Å². The van der Waals surface area contributed by atoms with Gasteiger partial charge in [-0.25, -0.2) is 4.98 Å². The molecule has 3 N–H and O–H groups in total. The minimum atomic E-state index is -0.551. The van der Waals surface area contributed by atoms with E-state index in [-0.39, 0.29) is 17.5 Å². The van der Waals surface area contributed by atoms with Crippen LogP contribution in [-0.2, 0) is 13.6 Å². The molecule has 0 unspecified atom stereocenters. The zero-order valence-corrected chi connectivity index (χ0v) is 11.4. The molecule has 0 aliphatic rings. The van der Waals surface area contributed by atoms with Crippen molar-refractivity contribution in [1.82, 2.24) is 19.7 Å². The summed E-state index contributed by atoms with van der Waals surface area (Å²) in [6.07, 6.45) is 1.09. The fourth-order valence-electron chi connectivity index (χ4n) is 1.90. The van der Waals surface area contributed by atoms with Crippen LogP contribution in [0, 0.1) is 24.0 Å². The van der Waals surface area contributed by atoms with Crippen LogP contribution >= 0.6 is 0 Å². The second kappa shape index (κ2) is 5.11. The first-order valence-electron chi connectivity index (χ1n) is 5.90. The molecule has 2 heterocycles. The van der Waals surface area contributed by atoms with Crippen LogP contribution in [0.15, 0.2) is 6.20 Å². The molecule has 0 aliphatic carbocycles. The number of nitrogens with zero attached hydrogens (tertiary/aromatic N) is 5. The van der Waals surface area contributed by atoms with Crippen LogP contribution in [0.5, 0.6) is 0 Å². The summed E-state index contributed by atoms with van der Waals surface area (Å²) in [5.41, 5.74) is 8.07. The molecule has 0 atom stereocenters. The first kappa shape index (κ1) is 13.7. The van der Waals surface area contributed by atoms with E-state index < -0.39 is 4.92 Å². The van der Waals surface area contributed by atoms with Crippen LogP contribution in [0.1, 0.15) is 17.0 Å². The zero-order chi connectivity index (χ0) is 14.9. The average Bonchev–Trinajstić information content (AvgIpc) is 2.61. The molecule has 2 aromatic heterocycles. The molecule has 0 aromatic carbocycles. The van der Waals surface area contributed by atoms with E-state index in [1.807, 2.05) is 20.9 Å². The second-order valence-electron chi connectivity index (χ2n) is 4.35. The summed E-state index contributed by atoms with van der Waals surface area (Å²) >= 11 is 0. The van der Waals surface area contributed by atoms with E-state index in [2.05, 4.69) is 20.4 Å². The van der Waals surface area contributed by atoms with Crippen molar-refractivity contribution in [1.29, 1.82) is 0 Å². The largest absolute Gasteiger partial charge is 0.368 e. The van der Waals surface area contributed by atoms with Gasteiger partial charge in [0.05, 0.1) is 10.6 Å². The lowest BCUT2D eigenvalue weighted by Crippen LogP contribution is -2.08. The number of rotatable bonds is 4. The lowest BCUT2D eigenvalue weighted by atomic mass is 10.2. The molecular formula is C11H15N7O2. The van der Waals surface area contributed by atoms with E-state index >= 15 is 0 Å². The maximum absolute atomic E-state index is 10.9. The van der Waals surface area contributed by atoms with E-state index in [0.717, 1.165) is 23.1 Å². The first-order chi connectivity index (χ1) is 9.40. The summed E-state index contributed by atoms with van der Waals surface area (Å²) in [7, 11) is 1.84. The van der Waals surface area contributed by atoms with Gasteiger partial charge in [0.25, 0.3) is 0 Å². The second-order valence-corrected chi connectivity index (χ2v) is 4.35. The van der Waals surface area contributed by atoms with Crippen molar-refractivity contribution < 1.29 is 4.92 Å². The Hall–Kier alpha value is -2.71. The summed E-state index contributed by atoms with van der Waals surface area (Å²) in [5, 5.41) is 18.1. The summed E-state index contributed by atoms with van der Waals surface area (Å²) in [6, 6.07) is 0. The van der Waals surface area contributed by atoms with E-state index in [1.54, 1.807) is 4.68 Å². The molecule has 2 rings (SSSR count). The molecule has 2 aromatic rings. The third kappa shape index (κ3) is 2.51. The van der Waals surface area contributed by atoms with Crippen LogP contribution in [-0.4, -0.2) is 24.7 Å². The predicted molar refractivity (Wildman–Crippen MR) is 73.1 cm³/mol. The van der Waals surface area contributed by atoms with Crippen molar-refractivity contribution in [2.75, 3.05) is 11.1 Å². The summed E-state index contributed by atoms with van der Waals surface area (Å²) in [4.78, 5) is 17.8. The van der Waals surface area contributed by atoms with Crippen LogP contribution in [0.3, 0.4) is 0 Å². The molecule has 0 amide bonds. The molecule has 0 radical (unpaired) electrons. The predicted octanol–water partition coefficient (Wildman–Crippen LogP) is 0.929. The standard InChI is InChI=1S/C11H15N7O2/c1-6-8(7(2)17(3)16-6)4-13-10-9(18(19)20)5-14-11(12)15-10/h5H,4H2,1-3H3,(H3,12,13,14,15). The maximum Gasteiger partial charge on any atom is 0.329 e. The molecule has 0 aliphatic heterocycles. The van der Waals surface area contributed by atoms with E-state index in [0.29, 0.717) is 6.54 Å². The molecule has 9 heteroatoms. The number of nitrogens with two attached hydrogens (primary N) is 1. The third-order valence-electron chi connectivity index (χ3n) is 3.08. The van der Waals surface area contributed by atoms with Gasteiger partial charge in [0.2, 0.25) is 11.8 Å². The van der Waals surface area contributed by atoms with Crippen LogP contribution in [0.4, 0.5) is 17.5 Å². The highest BCUT2D eigenvalue weighted by atomic mass is 16.6. The first-order valence-corrected chi connectivity index (χ1v) is 5.90. The van der Waals surface area contributed by atoms with Gasteiger partial charge < -0.3 is 11.1 Å².